The molecule has 1 N–H and O–H groups in total. The molecular weight excluding hydrogens is 319 g/mol. The Labute approximate surface area is 131 Å². The first-order valence-electron chi connectivity index (χ1n) is 5.81. The topological polar surface area (TPSA) is 42.0 Å². The number of aromatic nitrogens is 1. The molecule has 20 heavy (non-hydrogen) atoms. The number of rotatable bonds is 3. The molecule has 104 valence electrons. The van der Waals surface area contributed by atoms with E-state index in [9.17, 15) is 4.79 Å². The highest BCUT2D eigenvalue weighted by molar-refractivity contribution is 6.42. The molecule has 3 nitrogen and oxygen atoms in total. The summed E-state index contributed by atoms with van der Waals surface area (Å²) in [5.41, 5.74) is 2.18. The number of halogens is 3. The number of carbonyl (C=O) groups excluding carboxylic acids is 1. The Hall–Kier alpha value is -1.29. The highest BCUT2D eigenvalue weighted by Gasteiger charge is 2.09. The molecule has 1 amide bonds. The summed E-state index contributed by atoms with van der Waals surface area (Å²) in [6.07, 6.45) is 1.82. The molecule has 2 aromatic rings. The highest BCUT2D eigenvalue weighted by atomic mass is 35.5. The van der Waals surface area contributed by atoms with Gasteiger partial charge in [-0.05, 0) is 36.2 Å². The maximum Gasteiger partial charge on any atom is 0.228 e. The number of nitrogens with zero attached hydrogens (tertiary/aromatic N) is 1. The fourth-order valence-corrected chi connectivity index (χ4v) is 2.14. The lowest BCUT2D eigenvalue weighted by molar-refractivity contribution is -0.115. The second-order valence-corrected chi connectivity index (χ2v) is 5.50. The summed E-state index contributed by atoms with van der Waals surface area (Å²) >= 11 is 17.7. The predicted molar refractivity (Wildman–Crippen MR) is 82.8 cm³/mol. The van der Waals surface area contributed by atoms with Crippen molar-refractivity contribution < 1.29 is 4.79 Å². The van der Waals surface area contributed by atoms with E-state index in [2.05, 4.69) is 10.3 Å². The van der Waals surface area contributed by atoms with Crippen molar-refractivity contribution in [2.24, 2.45) is 0 Å². The van der Waals surface area contributed by atoms with Gasteiger partial charge in [0.25, 0.3) is 0 Å². The summed E-state index contributed by atoms with van der Waals surface area (Å²) in [6, 6.07) is 6.85. The van der Waals surface area contributed by atoms with Crippen LogP contribution in [0.1, 0.15) is 11.1 Å². The standard InChI is InChI=1S/C14H11Cl3N2O/c1-8-4-12(14(17)18-7-8)19-13(20)6-9-2-3-10(15)11(16)5-9/h2-5,7H,6H2,1H3,(H,19,20). The minimum atomic E-state index is -0.197. The molecule has 0 saturated carbocycles. The van der Waals surface area contributed by atoms with Crippen LogP contribution in [0.3, 0.4) is 0 Å². The molecule has 0 bridgehead atoms. The van der Waals surface area contributed by atoms with E-state index in [0.29, 0.717) is 15.7 Å². The lowest BCUT2D eigenvalue weighted by Gasteiger charge is -2.08. The molecule has 0 unspecified atom stereocenters. The number of benzene rings is 1. The van der Waals surface area contributed by atoms with Gasteiger partial charge in [0.2, 0.25) is 5.91 Å². The van der Waals surface area contributed by atoms with Gasteiger partial charge >= 0.3 is 0 Å². The third kappa shape index (κ3) is 3.85. The summed E-state index contributed by atoms with van der Waals surface area (Å²) in [5, 5.41) is 3.87. The Morgan fingerprint density at radius 2 is 1.95 bits per heavy atom. The molecular formula is C14H11Cl3N2O. The van der Waals surface area contributed by atoms with E-state index >= 15 is 0 Å². The Morgan fingerprint density at radius 3 is 2.65 bits per heavy atom. The van der Waals surface area contributed by atoms with Crippen molar-refractivity contribution >= 4 is 46.4 Å². The van der Waals surface area contributed by atoms with Crippen LogP contribution in [0.4, 0.5) is 5.69 Å². The van der Waals surface area contributed by atoms with Gasteiger partial charge in [0.05, 0.1) is 22.2 Å². The molecule has 0 fully saturated rings. The monoisotopic (exact) mass is 328 g/mol. The van der Waals surface area contributed by atoms with E-state index < -0.39 is 0 Å². The van der Waals surface area contributed by atoms with Crippen LogP contribution in [0.5, 0.6) is 0 Å². The molecule has 1 heterocycles. The van der Waals surface area contributed by atoms with E-state index in [4.69, 9.17) is 34.8 Å². The van der Waals surface area contributed by atoms with Crippen molar-refractivity contribution in [2.45, 2.75) is 13.3 Å². The van der Waals surface area contributed by atoms with Crippen LogP contribution in [-0.2, 0) is 11.2 Å². The summed E-state index contributed by atoms with van der Waals surface area (Å²) in [6.45, 7) is 1.87. The number of aryl methyl sites for hydroxylation is 1. The van der Waals surface area contributed by atoms with Gasteiger partial charge in [-0.2, -0.15) is 0 Å². The van der Waals surface area contributed by atoms with Gasteiger partial charge < -0.3 is 5.32 Å². The van der Waals surface area contributed by atoms with Crippen molar-refractivity contribution in [1.82, 2.24) is 4.98 Å². The summed E-state index contributed by atoms with van der Waals surface area (Å²) in [4.78, 5) is 15.9. The third-order valence-electron chi connectivity index (χ3n) is 2.60. The number of nitrogens with one attached hydrogen (secondary N) is 1. The van der Waals surface area contributed by atoms with Crippen LogP contribution in [0.15, 0.2) is 30.5 Å². The van der Waals surface area contributed by atoms with Gasteiger partial charge in [-0.3, -0.25) is 4.79 Å². The average Bonchev–Trinajstić information content (AvgIpc) is 2.38. The molecule has 6 heteroatoms. The fourth-order valence-electron chi connectivity index (χ4n) is 1.67. The van der Waals surface area contributed by atoms with E-state index in [1.807, 2.05) is 6.92 Å². The van der Waals surface area contributed by atoms with Crippen LogP contribution in [0.2, 0.25) is 15.2 Å². The SMILES string of the molecule is Cc1cnc(Cl)c(NC(=O)Cc2ccc(Cl)c(Cl)c2)c1. The molecule has 0 spiro atoms. The normalized spacial score (nSPS) is 10.4. The first-order chi connectivity index (χ1) is 9.45. The zero-order valence-corrected chi connectivity index (χ0v) is 12.9. The number of pyridine rings is 1. The molecule has 0 aliphatic rings. The fraction of sp³-hybridized carbons (Fsp3) is 0.143. The van der Waals surface area contributed by atoms with Gasteiger partial charge in [0.15, 0.2) is 5.15 Å². The smallest absolute Gasteiger partial charge is 0.228 e. The van der Waals surface area contributed by atoms with Crippen molar-refractivity contribution in [3.05, 3.63) is 56.8 Å². The first-order valence-corrected chi connectivity index (χ1v) is 6.95. The first kappa shape index (κ1) is 15.1. The average molecular weight is 330 g/mol. The van der Waals surface area contributed by atoms with Gasteiger partial charge in [-0.25, -0.2) is 4.98 Å². The lowest BCUT2D eigenvalue weighted by Crippen LogP contribution is -2.15. The van der Waals surface area contributed by atoms with Crippen molar-refractivity contribution in [2.75, 3.05) is 5.32 Å². The minimum absolute atomic E-state index is 0.182. The van der Waals surface area contributed by atoms with E-state index in [1.54, 1.807) is 30.5 Å². The van der Waals surface area contributed by atoms with Crippen LogP contribution in [-0.4, -0.2) is 10.9 Å². The van der Waals surface area contributed by atoms with Crippen molar-refractivity contribution in [1.29, 1.82) is 0 Å². The summed E-state index contributed by atoms with van der Waals surface area (Å²) in [5.74, 6) is -0.197. The van der Waals surface area contributed by atoms with Crippen LogP contribution in [0.25, 0.3) is 0 Å². The number of hydrogen-bond acceptors (Lipinski definition) is 2. The maximum absolute atomic E-state index is 12.0. The Bertz CT molecular complexity index is 659. The van der Waals surface area contributed by atoms with E-state index in [-0.39, 0.29) is 17.5 Å². The number of amides is 1. The number of carbonyl (C=O) groups is 1. The molecule has 0 saturated heterocycles. The Balaban J connectivity index is 2.09. The number of anilines is 1. The van der Waals surface area contributed by atoms with Crippen LogP contribution >= 0.6 is 34.8 Å². The zero-order chi connectivity index (χ0) is 14.7. The lowest BCUT2D eigenvalue weighted by atomic mass is 10.1. The highest BCUT2D eigenvalue weighted by Crippen LogP contribution is 2.23. The van der Waals surface area contributed by atoms with Crippen molar-refractivity contribution in [3.63, 3.8) is 0 Å². The molecule has 0 aliphatic heterocycles. The second-order valence-electron chi connectivity index (χ2n) is 4.32. The molecule has 0 aliphatic carbocycles. The largest absolute Gasteiger partial charge is 0.323 e. The molecule has 2 rings (SSSR count). The zero-order valence-electron chi connectivity index (χ0n) is 10.6. The predicted octanol–water partition coefficient (Wildman–Crippen LogP) is 4.53. The number of hydrogen-bond donors (Lipinski definition) is 1. The van der Waals surface area contributed by atoms with Gasteiger partial charge in [0.1, 0.15) is 0 Å². The van der Waals surface area contributed by atoms with Gasteiger partial charge in [-0.1, -0.05) is 40.9 Å². The Morgan fingerprint density at radius 1 is 1.20 bits per heavy atom. The molecule has 1 aromatic heterocycles. The third-order valence-corrected chi connectivity index (χ3v) is 3.64. The van der Waals surface area contributed by atoms with Crippen LogP contribution in [0, 0.1) is 6.92 Å². The van der Waals surface area contributed by atoms with Gasteiger partial charge in [0, 0.05) is 6.20 Å². The molecule has 0 radical (unpaired) electrons. The van der Waals surface area contributed by atoms with E-state index in [0.717, 1.165) is 11.1 Å². The van der Waals surface area contributed by atoms with Gasteiger partial charge in [-0.15, -0.1) is 0 Å². The molecule has 1 aromatic carbocycles. The van der Waals surface area contributed by atoms with E-state index in [1.165, 1.54) is 0 Å². The minimum Gasteiger partial charge on any atom is -0.323 e. The summed E-state index contributed by atoms with van der Waals surface area (Å²) in [7, 11) is 0. The second kappa shape index (κ2) is 6.44. The van der Waals surface area contributed by atoms with Crippen LogP contribution < -0.4 is 5.32 Å². The van der Waals surface area contributed by atoms with Crippen molar-refractivity contribution in [3.8, 4) is 0 Å². The Kier molecular flexibility index (Phi) is 4.86. The molecule has 0 atom stereocenters. The maximum atomic E-state index is 12.0. The quantitative estimate of drug-likeness (QED) is 0.841. The summed E-state index contributed by atoms with van der Waals surface area (Å²) < 4.78 is 0.